The van der Waals surface area contributed by atoms with E-state index in [-0.39, 0.29) is 11.9 Å². The third-order valence-electron chi connectivity index (χ3n) is 4.10. The first-order valence-corrected chi connectivity index (χ1v) is 7.29. The van der Waals surface area contributed by atoms with Crippen LogP contribution in [0.25, 0.3) is 0 Å². The smallest absolute Gasteiger partial charge is 0.240 e. The lowest BCUT2D eigenvalue weighted by Crippen LogP contribution is -2.51. The molecule has 1 aliphatic heterocycles. The van der Waals surface area contributed by atoms with Crippen molar-refractivity contribution in [1.29, 1.82) is 0 Å². The Labute approximate surface area is 120 Å². The van der Waals surface area contributed by atoms with Crippen molar-refractivity contribution in [2.24, 2.45) is 0 Å². The lowest BCUT2D eigenvalue weighted by molar-refractivity contribution is -0.127. The van der Waals surface area contributed by atoms with E-state index in [2.05, 4.69) is 17.6 Å². The van der Waals surface area contributed by atoms with E-state index in [0.29, 0.717) is 0 Å². The molecule has 2 atom stereocenters. The molecule has 1 heterocycles. The Kier molecular flexibility index (Phi) is 4.65. The van der Waals surface area contributed by atoms with Crippen molar-refractivity contribution in [3.63, 3.8) is 0 Å². The van der Waals surface area contributed by atoms with Gasteiger partial charge in [0.05, 0.1) is 18.7 Å². The van der Waals surface area contributed by atoms with Crippen molar-refractivity contribution in [1.82, 2.24) is 10.6 Å². The van der Waals surface area contributed by atoms with E-state index in [4.69, 9.17) is 4.74 Å². The second kappa shape index (κ2) is 6.27. The van der Waals surface area contributed by atoms with Crippen molar-refractivity contribution >= 4 is 5.91 Å². The zero-order chi connectivity index (χ0) is 14.6. The van der Waals surface area contributed by atoms with Crippen molar-refractivity contribution in [3.8, 4) is 5.75 Å². The van der Waals surface area contributed by atoms with Crippen LogP contribution in [0, 0.1) is 0 Å². The van der Waals surface area contributed by atoms with Crippen LogP contribution in [0.5, 0.6) is 5.75 Å². The highest BCUT2D eigenvalue weighted by molar-refractivity contribution is 5.86. The van der Waals surface area contributed by atoms with Gasteiger partial charge in [-0.15, -0.1) is 0 Å². The predicted octanol–water partition coefficient (Wildman–Crippen LogP) is 2.40. The third kappa shape index (κ3) is 2.96. The summed E-state index contributed by atoms with van der Waals surface area (Å²) >= 11 is 0. The number of methoxy groups -OCH3 is 1. The van der Waals surface area contributed by atoms with Crippen LogP contribution >= 0.6 is 0 Å². The molecule has 0 bridgehead atoms. The Bertz CT molecular complexity index is 467. The number of ether oxygens (including phenoxy) is 1. The molecular weight excluding hydrogens is 252 g/mol. The van der Waals surface area contributed by atoms with Crippen LogP contribution in [0.4, 0.5) is 0 Å². The molecule has 0 saturated carbocycles. The predicted molar refractivity (Wildman–Crippen MR) is 79.8 cm³/mol. The molecular formula is C16H24N2O2. The van der Waals surface area contributed by atoms with E-state index in [1.54, 1.807) is 7.11 Å². The van der Waals surface area contributed by atoms with Crippen LogP contribution in [-0.2, 0) is 4.79 Å². The molecule has 1 aromatic rings. The maximum Gasteiger partial charge on any atom is 0.240 e. The van der Waals surface area contributed by atoms with Gasteiger partial charge in [-0.2, -0.15) is 0 Å². The molecule has 0 radical (unpaired) electrons. The van der Waals surface area contributed by atoms with Gasteiger partial charge in [0.1, 0.15) is 5.75 Å². The molecule has 110 valence electrons. The Balaban J connectivity index is 2.14. The van der Waals surface area contributed by atoms with Crippen molar-refractivity contribution in [3.05, 3.63) is 29.8 Å². The van der Waals surface area contributed by atoms with E-state index in [0.717, 1.165) is 37.1 Å². The number of rotatable bonds is 5. The van der Waals surface area contributed by atoms with Crippen LogP contribution in [0.2, 0.25) is 0 Å². The number of nitrogens with one attached hydrogen (secondary N) is 2. The zero-order valence-corrected chi connectivity index (χ0v) is 12.5. The summed E-state index contributed by atoms with van der Waals surface area (Å²) < 4.78 is 5.39. The minimum Gasteiger partial charge on any atom is -0.496 e. The van der Waals surface area contributed by atoms with Crippen molar-refractivity contribution in [2.45, 2.75) is 44.7 Å². The fourth-order valence-corrected chi connectivity index (χ4v) is 2.76. The molecule has 0 spiro atoms. The van der Waals surface area contributed by atoms with Gasteiger partial charge in [0.25, 0.3) is 0 Å². The minimum absolute atomic E-state index is 0.0159. The fraction of sp³-hybridized carbons (Fsp3) is 0.562. The summed E-state index contributed by atoms with van der Waals surface area (Å²) in [5.41, 5.74) is 0.600. The molecule has 1 amide bonds. The SMILES string of the molecule is CCC(NC(=O)C1(C)CCCN1)c1ccccc1OC. The van der Waals surface area contributed by atoms with Crippen LogP contribution in [0.1, 0.15) is 44.7 Å². The van der Waals surface area contributed by atoms with Gasteiger partial charge in [-0.05, 0) is 38.8 Å². The van der Waals surface area contributed by atoms with Gasteiger partial charge in [-0.1, -0.05) is 25.1 Å². The molecule has 2 N–H and O–H groups in total. The summed E-state index contributed by atoms with van der Waals surface area (Å²) in [7, 11) is 1.66. The second-order valence-electron chi connectivity index (χ2n) is 5.54. The Hall–Kier alpha value is -1.55. The maximum atomic E-state index is 12.5. The van der Waals surface area contributed by atoms with Gasteiger partial charge in [0.15, 0.2) is 0 Å². The van der Waals surface area contributed by atoms with Gasteiger partial charge < -0.3 is 15.4 Å². The van der Waals surface area contributed by atoms with E-state index >= 15 is 0 Å². The normalized spacial score (nSPS) is 23.4. The van der Waals surface area contributed by atoms with E-state index < -0.39 is 5.54 Å². The average molecular weight is 276 g/mol. The number of hydrogen-bond donors (Lipinski definition) is 2. The second-order valence-corrected chi connectivity index (χ2v) is 5.54. The molecule has 1 fully saturated rings. The Morgan fingerprint density at radius 3 is 2.85 bits per heavy atom. The number of benzene rings is 1. The summed E-state index contributed by atoms with van der Waals surface area (Å²) in [6.07, 6.45) is 2.78. The number of carbonyl (C=O) groups excluding carboxylic acids is 1. The third-order valence-corrected chi connectivity index (χ3v) is 4.10. The summed E-state index contributed by atoms with van der Waals surface area (Å²) in [4.78, 5) is 12.5. The molecule has 0 aliphatic carbocycles. The molecule has 1 saturated heterocycles. The van der Waals surface area contributed by atoms with Crippen molar-refractivity contribution in [2.75, 3.05) is 13.7 Å². The largest absolute Gasteiger partial charge is 0.496 e. The lowest BCUT2D eigenvalue weighted by Gasteiger charge is -2.27. The number of amides is 1. The monoisotopic (exact) mass is 276 g/mol. The summed E-state index contributed by atoms with van der Waals surface area (Å²) in [5, 5.41) is 6.46. The standard InChI is InChI=1S/C16H24N2O2/c1-4-13(12-8-5-6-9-14(12)20-3)18-15(19)16(2)10-7-11-17-16/h5-6,8-9,13,17H,4,7,10-11H2,1-3H3,(H,18,19). The number of para-hydroxylation sites is 1. The Morgan fingerprint density at radius 2 is 2.25 bits per heavy atom. The molecule has 0 aromatic heterocycles. The van der Waals surface area contributed by atoms with Crippen LogP contribution in [-0.4, -0.2) is 25.1 Å². The first-order valence-electron chi connectivity index (χ1n) is 7.29. The first kappa shape index (κ1) is 14.9. The molecule has 2 rings (SSSR count). The molecule has 20 heavy (non-hydrogen) atoms. The van der Waals surface area contributed by atoms with Gasteiger partial charge >= 0.3 is 0 Å². The van der Waals surface area contributed by atoms with Crippen LogP contribution in [0.3, 0.4) is 0 Å². The molecule has 1 aliphatic rings. The van der Waals surface area contributed by atoms with E-state index in [1.165, 1.54) is 0 Å². The fourth-order valence-electron chi connectivity index (χ4n) is 2.76. The molecule has 4 heteroatoms. The minimum atomic E-state index is -0.435. The highest BCUT2D eigenvalue weighted by Gasteiger charge is 2.36. The maximum absolute atomic E-state index is 12.5. The van der Waals surface area contributed by atoms with Gasteiger partial charge in [-0.3, -0.25) is 4.79 Å². The number of carbonyl (C=O) groups is 1. The van der Waals surface area contributed by atoms with Gasteiger partial charge in [0.2, 0.25) is 5.91 Å². The summed E-state index contributed by atoms with van der Waals surface area (Å²) in [5.74, 6) is 0.900. The highest BCUT2D eigenvalue weighted by atomic mass is 16.5. The van der Waals surface area contributed by atoms with Crippen molar-refractivity contribution < 1.29 is 9.53 Å². The molecule has 4 nitrogen and oxygen atoms in total. The summed E-state index contributed by atoms with van der Waals surface area (Å²) in [6, 6.07) is 7.84. The van der Waals surface area contributed by atoms with Crippen LogP contribution < -0.4 is 15.4 Å². The Morgan fingerprint density at radius 1 is 1.50 bits per heavy atom. The first-order chi connectivity index (χ1) is 9.60. The molecule has 2 unspecified atom stereocenters. The van der Waals surface area contributed by atoms with E-state index in [1.807, 2.05) is 31.2 Å². The lowest BCUT2D eigenvalue weighted by atomic mass is 9.97. The number of hydrogen-bond acceptors (Lipinski definition) is 3. The van der Waals surface area contributed by atoms with Gasteiger partial charge in [0, 0.05) is 5.56 Å². The average Bonchev–Trinajstić information content (AvgIpc) is 2.92. The quantitative estimate of drug-likeness (QED) is 0.868. The zero-order valence-electron chi connectivity index (χ0n) is 12.5. The topological polar surface area (TPSA) is 50.4 Å². The van der Waals surface area contributed by atoms with Gasteiger partial charge in [-0.25, -0.2) is 0 Å². The molecule has 1 aromatic carbocycles. The van der Waals surface area contributed by atoms with Crippen LogP contribution in [0.15, 0.2) is 24.3 Å². The summed E-state index contributed by atoms with van der Waals surface area (Å²) in [6.45, 7) is 4.96. The van der Waals surface area contributed by atoms with E-state index in [9.17, 15) is 4.79 Å². The highest BCUT2D eigenvalue weighted by Crippen LogP contribution is 2.28.